The number of benzene rings is 1. The number of para-hydroxylation sites is 1. The van der Waals surface area contributed by atoms with Crippen molar-refractivity contribution < 1.29 is 4.74 Å². The number of hydrogen-bond acceptors (Lipinski definition) is 4. The molecule has 0 radical (unpaired) electrons. The number of rotatable bonds is 5. The lowest BCUT2D eigenvalue weighted by atomic mass is 10.2. The van der Waals surface area contributed by atoms with Crippen LogP contribution in [0.15, 0.2) is 36.4 Å². The second-order valence-corrected chi connectivity index (χ2v) is 5.69. The maximum Gasteiger partial charge on any atom is 0.0705 e. The second kappa shape index (κ2) is 6.98. The molecule has 1 saturated heterocycles. The number of hydrogen-bond donors (Lipinski definition) is 1. The first-order chi connectivity index (χ1) is 10.3. The summed E-state index contributed by atoms with van der Waals surface area (Å²) in [4.78, 5) is 7.15. The highest BCUT2D eigenvalue weighted by molar-refractivity contribution is 5.78. The van der Waals surface area contributed by atoms with Crippen LogP contribution in [-0.2, 0) is 11.3 Å². The van der Waals surface area contributed by atoms with E-state index in [4.69, 9.17) is 9.72 Å². The Hall–Kier alpha value is -1.49. The summed E-state index contributed by atoms with van der Waals surface area (Å²) in [7, 11) is 0. The fourth-order valence-corrected chi connectivity index (χ4v) is 2.72. The molecule has 1 atom stereocenters. The van der Waals surface area contributed by atoms with Crippen LogP contribution in [0.5, 0.6) is 0 Å². The first-order valence-corrected chi connectivity index (χ1v) is 7.69. The third-order valence-corrected chi connectivity index (χ3v) is 3.92. The van der Waals surface area contributed by atoms with Crippen LogP contribution in [-0.4, -0.2) is 48.8 Å². The van der Waals surface area contributed by atoms with E-state index in [1.54, 1.807) is 0 Å². The number of fused-ring (bicyclic) bond motifs is 1. The molecule has 1 aliphatic rings. The monoisotopic (exact) mass is 285 g/mol. The third-order valence-electron chi connectivity index (χ3n) is 3.92. The van der Waals surface area contributed by atoms with Crippen LogP contribution in [0.4, 0.5) is 0 Å². The van der Waals surface area contributed by atoms with Gasteiger partial charge in [0.25, 0.3) is 0 Å². The molecule has 3 rings (SSSR count). The van der Waals surface area contributed by atoms with Gasteiger partial charge in [-0.2, -0.15) is 0 Å². The minimum atomic E-state index is 0.455. The quantitative estimate of drug-likeness (QED) is 0.912. The van der Waals surface area contributed by atoms with E-state index in [1.807, 2.05) is 12.1 Å². The molecule has 1 fully saturated rings. The van der Waals surface area contributed by atoms with Gasteiger partial charge in [0.2, 0.25) is 0 Å². The molecule has 1 aromatic carbocycles. The Labute approximate surface area is 126 Å². The fraction of sp³-hybridized carbons (Fsp3) is 0.471. The molecule has 0 aliphatic carbocycles. The van der Waals surface area contributed by atoms with E-state index in [0.717, 1.165) is 50.6 Å². The number of morpholine rings is 1. The van der Waals surface area contributed by atoms with Gasteiger partial charge in [0, 0.05) is 37.6 Å². The largest absolute Gasteiger partial charge is 0.379 e. The maximum absolute atomic E-state index is 5.38. The standard InChI is InChI=1S/C17H23N3O/c1-14(13-20-8-10-21-11-9-20)18-12-16-7-6-15-4-2-3-5-17(15)19-16/h2-7,14,18H,8-13H2,1H3. The summed E-state index contributed by atoms with van der Waals surface area (Å²) >= 11 is 0. The maximum atomic E-state index is 5.38. The van der Waals surface area contributed by atoms with E-state index in [-0.39, 0.29) is 0 Å². The van der Waals surface area contributed by atoms with Gasteiger partial charge in [-0.15, -0.1) is 0 Å². The SMILES string of the molecule is CC(CN1CCOCC1)NCc1ccc2ccccc2n1. The van der Waals surface area contributed by atoms with Crippen molar-refractivity contribution in [3.63, 3.8) is 0 Å². The van der Waals surface area contributed by atoms with Gasteiger partial charge < -0.3 is 10.1 Å². The van der Waals surface area contributed by atoms with E-state index in [9.17, 15) is 0 Å². The summed E-state index contributed by atoms with van der Waals surface area (Å²) in [5, 5.41) is 4.76. The summed E-state index contributed by atoms with van der Waals surface area (Å²) in [5.41, 5.74) is 2.17. The van der Waals surface area contributed by atoms with Gasteiger partial charge in [-0.1, -0.05) is 24.3 Å². The van der Waals surface area contributed by atoms with E-state index in [0.29, 0.717) is 6.04 Å². The number of nitrogens with zero attached hydrogens (tertiary/aromatic N) is 2. The minimum absolute atomic E-state index is 0.455. The second-order valence-electron chi connectivity index (χ2n) is 5.69. The Morgan fingerprint density at radius 2 is 2.00 bits per heavy atom. The predicted octanol–water partition coefficient (Wildman–Crippen LogP) is 2.05. The summed E-state index contributed by atoms with van der Waals surface area (Å²) in [6.07, 6.45) is 0. The van der Waals surface area contributed by atoms with Crippen molar-refractivity contribution in [1.82, 2.24) is 15.2 Å². The molecule has 21 heavy (non-hydrogen) atoms. The fourth-order valence-electron chi connectivity index (χ4n) is 2.72. The van der Waals surface area contributed by atoms with E-state index >= 15 is 0 Å². The Kier molecular flexibility index (Phi) is 4.80. The summed E-state index contributed by atoms with van der Waals surface area (Å²) in [5.74, 6) is 0. The van der Waals surface area contributed by atoms with Crippen LogP contribution < -0.4 is 5.32 Å². The number of nitrogens with one attached hydrogen (secondary N) is 1. The van der Waals surface area contributed by atoms with E-state index < -0.39 is 0 Å². The van der Waals surface area contributed by atoms with Gasteiger partial charge in [-0.25, -0.2) is 0 Å². The molecule has 1 aromatic heterocycles. The molecular weight excluding hydrogens is 262 g/mol. The molecule has 0 bridgehead atoms. The van der Waals surface area contributed by atoms with Crippen molar-refractivity contribution in [3.8, 4) is 0 Å². The minimum Gasteiger partial charge on any atom is -0.379 e. The zero-order valence-electron chi connectivity index (χ0n) is 12.6. The van der Waals surface area contributed by atoms with Crippen molar-refractivity contribution in [2.24, 2.45) is 0 Å². The molecule has 4 nitrogen and oxygen atoms in total. The molecule has 1 aliphatic heterocycles. The van der Waals surface area contributed by atoms with Gasteiger partial charge >= 0.3 is 0 Å². The number of ether oxygens (including phenoxy) is 1. The molecule has 0 amide bonds. The van der Waals surface area contributed by atoms with E-state index in [1.165, 1.54) is 5.39 Å². The average molecular weight is 285 g/mol. The van der Waals surface area contributed by atoms with Gasteiger partial charge in [0.1, 0.15) is 0 Å². The summed E-state index contributed by atoms with van der Waals surface area (Å²) < 4.78 is 5.38. The van der Waals surface area contributed by atoms with Crippen molar-refractivity contribution in [1.29, 1.82) is 0 Å². The zero-order chi connectivity index (χ0) is 14.5. The van der Waals surface area contributed by atoms with Crippen molar-refractivity contribution in [2.75, 3.05) is 32.8 Å². The molecular formula is C17H23N3O. The first-order valence-electron chi connectivity index (χ1n) is 7.69. The molecule has 2 aromatic rings. The van der Waals surface area contributed by atoms with Gasteiger partial charge in [-0.3, -0.25) is 9.88 Å². The highest BCUT2D eigenvalue weighted by Gasteiger charge is 2.13. The Morgan fingerprint density at radius 3 is 2.86 bits per heavy atom. The summed E-state index contributed by atoms with van der Waals surface area (Å²) in [6.45, 7) is 7.92. The van der Waals surface area contributed by atoms with Crippen LogP contribution in [0.25, 0.3) is 10.9 Å². The van der Waals surface area contributed by atoms with Gasteiger partial charge in [-0.05, 0) is 19.1 Å². The molecule has 2 heterocycles. The smallest absolute Gasteiger partial charge is 0.0705 e. The Bertz CT molecular complexity index is 581. The molecule has 0 spiro atoms. The van der Waals surface area contributed by atoms with Crippen LogP contribution in [0.2, 0.25) is 0 Å². The lowest BCUT2D eigenvalue weighted by Crippen LogP contribution is -2.44. The number of aromatic nitrogens is 1. The average Bonchev–Trinajstić information content (AvgIpc) is 2.54. The topological polar surface area (TPSA) is 37.4 Å². The molecule has 1 N–H and O–H groups in total. The highest BCUT2D eigenvalue weighted by atomic mass is 16.5. The predicted molar refractivity (Wildman–Crippen MR) is 85.3 cm³/mol. The van der Waals surface area contributed by atoms with Gasteiger partial charge in [0.05, 0.1) is 24.4 Å². The molecule has 4 heteroatoms. The molecule has 1 unspecified atom stereocenters. The van der Waals surface area contributed by atoms with Crippen LogP contribution in [0, 0.1) is 0 Å². The van der Waals surface area contributed by atoms with Crippen molar-refractivity contribution >= 4 is 10.9 Å². The zero-order valence-corrected chi connectivity index (χ0v) is 12.6. The van der Waals surface area contributed by atoms with E-state index in [2.05, 4.69) is 41.4 Å². The Morgan fingerprint density at radius 1 is 1.19 bits per heavy atom. The third kappa shape index (κ3) is 4.00. The lowest BCUT2D eigenvalue weighted by Gasteiger charge is -2.29. The van der Waals surface area contributed by atoms with Crippen molar-refractivity contribution in [2.45, 2.75) is 19.5 Å². The van der Waals surface area contributed by atoms with Crippen LogP contribution >= 0.6 is 0 Å². The van der Waals surface area contributed by atoms with Crippen LogP contribution in [0.3, 0.4) is 0 Å². The normalized spacial score (nSPS) is 18.0. The summed E-state index contributed by atoms with van der Waals surface area (Å²) in [6, 6.07) is 13.0. The Balaban J connectivity index is 1.53. The number of pyridine rings is 1. The van der Waals surface area contributed by atoms with Crippen LogP contribution in [0.1, 0.15) is 12.6 Å². The lowest BCUT2D eigenvalue weighted by molar-refractivity contribution is 0.0343. The first kappa shape index (κ1) is 14.4. The highest BCUT2D eigenvalue weighted by Crippen LogP contribution is 2.11. The van der Waals surface area contributed by atoms with Gasteiger partial charge in [0.15, 0.2) is 0 Å². The molecule has 0 saturated carbocycles. The molecule has 112 valence electrons. The van der Waals surface area contributed by atoms with Crippen molar-refractivity contribution in [3.05, 3.63) is 42.1 Å².